The van der Waals surface area contributed by atoms with Gasteiger partial charge in [0.25, 0.3) is 0 Å². The summed E-state index contributed by atoms with van der Waals surface area (Å²) in [6.45, 7) is 2.42. The number of hydrogen-bond acceptors (Lipinski definition) is 4. The van der Waals surface area contributed by atoms with Crippen LogP contribution in [0, 0.1) is 5.92 Å². The van der Waals surface area contributed by atoms with Gasteiger partial charge in [-0.2, -0.15) is 0 Å². The SMILES string of the molecule is Cn1ccnc1CCn1cncc1C(N)C1CCOC1. The van der Waals surface area contributed by atoms with Crippen molar-refractivity contribution >= 4 is 0 Å². The van der Waals surface area contributed by atoms with Gasteiger partial charge in [-0.1, -0.05) is 0 Å². The average molecular weight is 275 g/mol. The highest BCUT2D eigenvalue weighted by Crippen LogP contribution is 2.26. The summed E-state index contributed by atoms with van der Waals surface area (Å²) >= 11 is 0. The van der Waals surface area contributed by atoms with Gasteiger partial charge in [0.15, 0.2) is 0 Å². The van der Waals surface area contributed by atoms with Gasteiger partial charge < -0.3 is 19.6 Å². The maximum absolute atomic E-state index is 6.36. The Morgan fingerprint density at radius 1 is 1.55 bits per heavy atom. The van der Waals surface area contributed by atoms with Crippen molar-refractivity contribution < 1.29 is 4.74 Å². The summed E-state index contributed by atoms with van der Waals surface area (Å²) in [7, 11) is 2.01. The van der Waals surface area contributed by atoms with Crippen LogP contribution in [0.25, 0.3) is 0 Å². The molecule has 1 aliphatic rings. The second kappa shape index (κ2) is 5.76. The molecule has 0 aromatic carbocycles. The van der Waals surface area contributed by atoms with Crippen LogP contribution in [-0.4, -0.2) is 32.3 Å². The zero-order valence-corrected chi connectivity index (χ0v) is 11.8. The molecule has 0 amide bonds. The predicted octanol–water partition coefficient (Wildman–Crippen LogP) is 0.896. The number of aromatic nitrogens is 4. The van der Waals surface area contributed by atoms with E-state index in [0.29, 0.717) is 5.92 Å². The molecule has 2 aromatic rings. The molecule has 1 fully saturated rings. The van der Waals surface area contributed by atoms with E-state index < -0.39 is 0 Å². The molecule has 1 saturated heterocycles. The number of hydrogen-bond donors (Lipinski definition) is 1. The standard InChI is InChI=1S/C14H21N5O/c1-18-6-4-17-13(18)2-5-19-10-16-8-12(19)14(15)11-3-7-20-9-11/h4,6,8,10-11,14H,2-3,5,7,9,15H2,1H3. The van der Waals surface area contributed by atoms with Gasteiger partial charge in [0.05, 0.1) is 24.7 Å². The zero-order chi connectivity index (χ0) is 13.9. The summed E-state index contributed by atoms with van der Waals surface area (Å²) in [6.07, 6.45) is 9.43. The van der Waals surface area contributed by atoms with Gasteiger partial charge in [-0.3, -0.25) is 0 Å². The maximum atomic E-state index is 6.36. The third-order valence-corrected chi connectivity index (χ3v) is 4.06. The average Bonchev–Trinajstić information content (AvgIpc) is 3.18. The van der Waals surface area contributed by atoms with Crippen molar-refractivity contribution in [2.45, 2.75) is 25.4 Å². The molecule has 20 heavy (non-hydrogen) atoms. The lowest BCUT2D eigenvalue weighted by molar-refractivity contribution is 0.180. The van der Waals surface area contributed by atoms with Crippen LogP contribution in [0.15, 0.2) is 24.9 Å². The lowest BCUT2D eigenvalue weighted by Crippen LogP contribution is -2.24. The predicted molar refractivity (Wildman–Crippen MR) is 75.0 cm³/mol. The first kappa shape index (κ1) is 13.3. The lowest BCUT2D eigenvalue weighted by Gasteiger charge is -2.19. The number of nitrogens with two attached hydrogens (primary N) is 1. The molecule has 3 rings (SSSR count). The fourth-order valence-electron chi connectivity index (χ4n) is 2.73. The number of aryl methyl sites for hydroxylation is 3. The molecule has 2 atom stereocenters. The number of rotatable bonds is 5. The van der Waals surface area contributed by atoms with Gasteiger partial charge in [-0.05, 0) is 6.42 Å². The van der Waals surface area contributed by atoms with Crippen LogP contribution in [0.5, 0.6) is 0 Å². The Balaban J connectivity index is 1.68. The molecule has 2 N–H and O–H groups in total. The minimum Gasteiger partial charge on any atom is -0.381 e. The first-order valence-corrected chi connectivity index (χ1v) is 7.05. The number of imidazole rings is 2. The molecule has 0 radical (unpaired) electrons. The molecule has 2 aromatic heterocycles. The van der Waals surface area contributed by atoms with Crippen molar-refractivity contribution in [3.63, 3.8) is 0 Å². The van der Waals surface area contributed by atoms with Crippen molar-refractivity contribution in [1.29, 1.82) is 0 Å². The highest BCUT2D eigenvalue weighted by molar-refractivity contribution is 5.07. The van der Waals surface area contributed by atoms with E-state index in [0.717, 1.165) is 44.1 Å². The first-order chi connectivity index (χ1) is 9.75. The molecule has 0 spiro atoms. The summed E-state index contributed by atoms with van der Waals surface area (Å²) in [5.74, 6) is 1.47. The molecule has 0 aliphatic carbocycles. The topological polar surface area (TPSA) is 70.9 Å². The second-order valence-corrected chi connectivity index (χ2v) is 5.37. The van der Waals surface area contributed by atoms with Crippen molar-refractivity contribution in [3.8, 4) is 0 Å². The summed E-state index contributed by atoms with van der Waals surface area (Å²) in [5.41, 5.74) is 7.46. The van der Waals surface area contributed by atoms with Gasteiger partial charge in [0, 0.05) is 51.1 Å². The Labute approximate surface area is 118 Å². The molecule has 0 saturated carbocycles. The quantitative estimate of drug-likeness (QED) is 0.880. The van der Waals surface area contributed by atoms with E-state index in [9.17, 15) is 0 Å². The van der Waals surface area contributed by atoms with Crippen LogP contribution in [0.1, 0.15) is 24.0 Å². The molecule has 2 unspecified atom stereocenters. The van der Waals surface area contributed by atoms with Gasteiger partial charge in [-0.15, -0.1) is 0 Å². The van der Waals surface area contributed by atoms with Crippen LogP contribution in [0.3, 0.4) is 0 Å². The third-order valence-electron chi connectivity index (χ3n) is 4.06. The monoisotopic (exact) mass is 275 g/mol. The van der Waals surface area contributed by atoms with E-state index in [-0.39, 0.29) is 6.04 Å². The van der Waals surface area contributed by atoms with E-state index in [1.165, 1.54) is 0 Å². The molecule has 3 heterocycles. The Hall–Kier alpha value is -1.66. The third kappa shape index (κ3) is 2.62. The number of ether oxygens (including phenoxy) is 1. The van der Waals surface area contributed by atoms with Crippen molar-refractivity contribution in [1.82, 2.24) is 19.1 Å². The molecular weight excluding hydrogens is 254 g/mol. The van der Waals surface area contributed by atoms with Gasteiger partial charge in [0.1, 0.15) is 5.82 Å². The normalized spacial score (nSPS) is 20.4. The summed E-state index contributed by atoms with van der Waals surface area (Å²) in [4.78, 5) is 8.60. The molecule has 108 valence electrons. The lowest BCUT2D eigenvalue weighted by atomic mass is 9.97. The highest BCUT2D eigenvalue weighted by Gasteiger charge is 2.26. The van der Waals surface area contributed by atoms with E-state index in [1.807, 2.05) is 36.5 Å². The highest BCUT2D eigenvalue weighted by atomic mass is 16.5. The van der Waals surface area contributed by atoms with Gasteiger partial charge >= 0.3 is 0 Å². The summed E-state index contributed by atoms with van der Waals surface area (Å²) in [5, 5.41) is 0. The van der Waals surface area contributed by atoms with Crippen LogP contribution >= 0.6 is 0 Å². The summed E-state index contributed by atoms with van der Waals surface area (Å²) in [6, 6.07) is 0.00127. The Morgan fingerprint density at radius 3 is 3.15 bits per heavy atom. The Kier molecular flexibility index (Phi) is 3.84. The molecule has 1 aliphatic heterocycles. The Morgan fingerprint density at radius 2 is 2.45 bits per heavy atom. The van der Waals surface area contributed by atoms with E-state index >= 15 is 0 Å². The van der Waals surface area contributed by atoms with Crippen LogP contribution in [0.2, 0.25) is 0 Å². The minimum absolute atomic E-state index is 0.00127. The molecule has 6 nitrogen and oxygen atoms in total. The molecule has 0 bridgehead atoms. The van der Waals surface area contributed by atoms with Gasteiger partial charge in [0.2, 0.25) is 0 Å². The largest absolute Gasteiger partial charge is 0.381 e. The van der Waals surface area contributed by atoms with E-state index in [2.05, 4.69) is 14.5 Å². The molecular formula is C14H21N5O. The van der Waals surface area contributed by atoms with Crippen molar-refractivity contribution in [3.05, 3.63) is 36.4 Å². The molecule has 6 heteroatoms. The van der Waals surface area contributed by atoms with E-state index in [1.54, 1.807) is 0 Å². The fraction of sp³-hybridized carbons (Fsp3) is 0.571. The minimum atomic E-state index is 0.00127. The van der Waals surface area contributed by atoms with Crippen molar-refractivity contribution in [2.24, 2.45) is 18.7 Å². The van der Waals surface area contributed by atoms with Crippen LogP contribution in [0.4, 0.5) is 0 Å². The first-order valence-electron chi connectivity index (χ1n) is 7.05. The Bertz CT molecular complexity index is 555. The second-order valence-electron chi connectivity index (χ2n) is 5.37. The smallest absolute Gasteiger partial charge is 0.110 e. The van der Waals surface area contributed by atoms with Gasteiger partial charge in [-0.25, -0.2) is 9.97 Å². The fourth-order valence-corrected chi connectivity index (χ4v) is 2.73. The summed E-state index contributed by atoms with van der Waals surface area (Å²) < 4.78 is 9.61. The maximum Gasteiger partial charge on any atom is 0.110 e. The van der Waals surface area contributed by atoms with Crippen LogP contribution in [-0.2, 0) is 24.8 Å². The van der Waals surface area contributed by atoms with Crippen molar-refractivity contribution in [2.75, 3.05) is 13.2 Å². The number of nitrogens with zero attached hydrogens (tertiary/aromatic N) is 4. The van der Waals surface area contributed by atoms with Crippen LogP contribution < -0.4 is 5.73 Å². The zero-order valence-electron chi connectivity index (χ0n) is 11.8. The van der Waals surface area contributed by atoms with E-state index in [4.69, 9.17) is 10.5 Å².